The molecule has 0 aliphatic carbocycles. The second kappa shape index (κ2) is 6.86. The van der Waals surface area contributed by atoms with E-state index in [1.54, 1.807) is 36.4 Å². The van der Waals surface area contributed by atoms with Crippen LogP contribution < -0.4 is 14.8 Å². The standard InChI is InChI=1S/C17H15NO6S/c1-22-17(19)16(25(20,21)13-5-3-2-4-6-13)10-18-12-7-8-14-15(9-12)24-11-23-14/h2-10,18H,11H2,1H3. The Bertz CT molecular complexity index is 921. The number of sulfone groups is 1. The molecule has 0 unspecified atom stereocenters. The molecule has 0 saturated heterocycles. The molecule has 0 saturated carbocycles. The molecule has 0 radical (unpaired) electrons. The monoisotopic (exact) mass is 361 g/mol. The van der Waals surface area contributed by atoms with Crippen molar-refractivity contribution >= 4 is 21.5 Å². The molecule has 0 atom stereocenters. The number of hydrogen-bond acceptors (Lipinski definition) is 7. The van der Waals surface area contributed by atoms with E-state index in [9.17, 15) is 13.2 Å². The second-order valence-corrected chi connectivity index (χ2v) is 6.95. The molecule has 1 aliphatic heterocycles. The summed E-state index contributed by atoms with van der Waals surface area (Å²) in [6, 6.07) is 12.7. The maximum atomic E-state index is 12.7. The quantitative estimate of drug-likeness (QED) is 0.645. The summed E-state index contributed by atoms with van der Waals surface area (Å²) in [6.07, 6.45) is 1.10. The Morgan fingerprint density at radius 2 is 1.84 bits per heavy atom. The van der Waals surface area contributed by atoms with Gasteiger partial charge in [-0.3, -0.25) is 0 Å². The van der Waals surface area contributed by atoms with Gasteiger partial charge in [-0.1, -0.05) is 18.2 Å². The van der Waals surface area contributed by atoms with Crippen molar-refractivity contribution in [2.75, 3.05) is 19.2 Å². The van der Waals surface area contributed by atoms with E-state index in [2.05, 4.69) is 10.1 Å². The molecule has 0 bridgehead atoms. The summed E-state index contributed by atoms with van der Waals surface area (Å²) in [5.41, 5.74) is 0.536. The molecule has 7 nitrogen and oxygen atoms in total. The van der Waals surface area contributed by atoms with Gasteiger partial charge >= 0.3 is 5.97 Å². The first-order valence-electron chi connectivity index (χ1n) is 7.27. The van der Waals surface area contributed by atoms with Crippen molar-refractivity contribution in [1.82, 2.24) is 0 Å². The summed E-state index contributed by atoms with van der Waals surface area (Å²) < 4.78 is 40.5. The molecule has 1 aliphatic rings. The number of fused-ring (bicyclic) bond motifs is 1. The molecule has 130 valence electrons. The van der Waals surface area contributed by atoms with Crippen molar-refractivity contribution in [3.05, 3.63) is 59.6 Å². The Morgan fingerprint density at radius 1 is 1.12 bits per heavy atom. The minimum atomic E-state index is -4.03. The summed E-state index contributed by atoms with van der Waals surface area (Å²) in [6.45, 7) is 0.129. The summed E-state index contributed by atoms with van der Waals surface area (Å²) in [7, 11) is -2.90. The topological polar surface area (TPSA) is 90.9 Å². The molecule has 2 aromatic rings. The van der Waals surface area contributed by atoms with Crippen LogP contribution in [0.2, 0.25) is 0 Å². The lowest BCUT2D eigenvalue weighted by atomic mass is 10.3. The normalized spacial score (nSPS) is 13.4. The third-order valence-electron chi connectivity index (χ3n) is 3.47. The Hall–Kier alpha value is -3.00. The third kappa shape index (κ3) is 3.43. The number of esters is 1. The number of benzene rings is 2. The van der Waals surface area contributed by atoms with Crippen LogP contribution in [0.15, 0.2) is 64.5 Å². The highest BCUT2D eigenvalue weighted by Crippen LogP contribution is 2.34. The Balaban J connectivity index is 1.93. The average molecular weight is 361 g/mol. The van der Waals surface area contributed by atoms with Gasteiger partial charge in [-0.25, -0.2) is 13.2 Å². The van der Waals surface area contributed by atoms with Crippen molar-refractivity contribution in [3.63, 3.8) is 0 Å². The first kappa shape index (κ1) is 16.8. The van der Waals surface area contributed by atoms with Crippen LogP contribution in [0.4, 0.5) is 5.69 Å². The summed E-state index contributed by atoms with van der Waals surface area (Å²) in [4.78, 5) is 11.5. The molecule has 0 spiro atoms. The van der Waals surface area contributed by atoms with Gasteiger partial charge in [0.2, 0.25) is 16.6 Å². The lowest BCUT2D eigenvalue weighted by Gasteiger charge is -2.09. The van der Waals surface area contributed by atoms with Crippen LogP contribution in [-0.4, -0.2) is 28.3 Å². The van der Waals surface area contributed by atoms with E-state index in [-0.39, 0.29) is 11.7 Å². The molecule has 1 heterocycles. The van der Waals surface area contributed by atoms with E-state index in [1.165, 1.54) is 12.1 Å². The van der Waals surface area contributed by atoms with Gasteiger partial charge in [0.15, 0.2) is 16.4 Å². The number of rotatable bonds is 5. The van der Waals surface area contributed by atoms with E-state index in [1.807, 2.05) is 0 Å². The molecular formula is C17H15NO6S. The molecular weight excluding hydrogens is 346 g/mol. The van der Waals surface area contributed by atoms with Gasteiger partial charge in [0, 0.05) is 18.0 Å². The van der Waals surface area contributed by atoms with Gasteiger partial charge in [-0.2, -0.15) is 0 Å². The van der Waals surface area contributed by atoms with E-state index < -0.39 is 20.7 Å². The van der Waals surface area contributed by atoms with Gasteiger partial charge in [-0.15, -0.1) is 0 Å². The predicted molar refractivity (Wildman–Crippen MR) is 89.9 cm³/mol. The van der Waals surface area contributed by atoms with Crippen LogP contribution in [0.1, 0.15) is 0 Å². The van der Waals surface area contributed by atoms with E-state index in [0.717, 1.165) is 13.3 Å². The van der Waals surface area contributed by atoms with Crippen molar-refractivity contribution in [1.29, 1.82) is 0 Å². The summed E-state index contributed by atoms with van der Waals surface area (Å²) >= 11 is 0. The molecule has 25 heavy (non-hydrogen) atoms. The lowest BCUT2D eigenvalue weighted by Crippen LogP contribution is -2.16. The molecule has 8 heteroatoms. The highest BCUT2D eigenvalue weighted by atomic mass is 32.2. The van der Waals surface area contributed by atoms with Crippen LogP contribution in [0.25, 0.3) is 0 Å². The van der Waals surface area contributed by atoms with Crippen molar-refractivity contribution in [2.45, 2.75) is 4.90 Å². The third-order valence-corrected chi connectivity index (χ3v) is 5.23. The minimum Gasteiger partial charge on any atom is -0.465 e. The van der Waals surface area contributed by atoms with Gasteiger partial charge < -0.3 is 19.5 Å². The van der Waals surface area contributed by atoms with Gasteiger partial charge in [0.1, 0.15) is 0 Å². The first-order chi connectivity index (χ1) is 12.0. The first-order valence-corrected chi connectivity index (χ1v) is 8.75. The fraction of sp³-hybridized carbons (Fsp3) is 0.118. The van der Waals surface area contributed by atoms with Gasteiger partial charge in [0.05, 0.1) is 12.0 Å². The minimum absolute atomic E-state index is 0.000799. The Morgan fingerprint density at radius 3 is 2.56 bits per heavy atom. The largest absolute Gasteiger partial charge is 0.465 e. The number of hydrogen-bond donors (Lipinski definition) is 1. The zero-order valence-corrected chi connectivity index (χ0v) is 14.1. The van der Waals surface area contributed by atoms with Crippen LogP contribution in [0, 0.1) is 0 Å². The van der Waals surface area contributed by atoms with Crippen molar-refractivity contribution < 1.29 is 27.4 Å². The zero-order chi connectivity index (χ0) is 17.9. The smallest absolute Gasteiger partial charge is 0.351 e. The zero-order valence-electron chi connectivity index (χ0n) is 13.3. The summed E-state index contributed by atoms with van der Waals surface area (Å²) in [5.74, 6) is 0.167. The fourth-order valence-corrected chi connectivity index (χ4v) is 3.49. The number of anilines is 1. The molecule has 0 aromatic heterocycles. The highest BCUT2D eigenvalue weighted by Gasteiger charge is 2.28. The Labute approximate surface area is 144 Å². The molecule has 2 aromatic carbocycles. The maximum absolute atomic E-state index is 12.7. The number of nitrogens with one attached hydrogen (secondary N) is 1. The lowest BCUT2D eigenvalue weighted by molar-refractivity contribution is -0.135. The van der Waals surface area contributed by atoms with Gasteiger partial charge in [-0.05, 0) is 24.3 Å². The van der Waals surface area contributed by atoms with Gasteiger partial charge in [0.25, 0.3) is 0 Å². The molecule has 3 rings (SSSR count). The van der Waals surface area contributed by atoms with E-state index in [0.29, 0.717) is 17.2 Å². The average Bonchev–Trinajstić information content (AvgIpc) is 3.10. The molecule has 1 N–H and O–H groups in total. The number of carbonyl (C=O) groups excluding carboxylic acids is 1. The van der Waals surface area contributed by atoms with E-state index >= 15 is 0 Å². The summed E-state index contributed by atoms with van der Waals surface area (Å²) in [5, 5.41) is 2.79. The van der Waals surface area contributed by atoms with Crippen LogP contribution in [0.5, 0.6) is 11.5 Å². The van der Waals surface area contributed by atoms with Crippen LogP contribution in [0.3, 0.4) is 0 Å². The predicted octanol–water partition coefficient (Wildman–Crippen LogP) is 2.32. The van der Waals surface area contributed by atoms with Crippen molar-refractivity contribution in [2.24, 2.45) is 0 Å². The fourth-order valence-electron chi connectivity index (χ4n) is 2.21. The SMILES string of the molecule is COC(=O)C(=CNc1ccc2c(c1)OCO2)S(=O)(=O)c1ccccc1. The highest BCUT2D eigenvalue weighted by molar-refractivity contribution is 7.96. The number of methoxy groups -OCH3 is 1. The van der Waals surface area contributed by atoms with E-state index in [4.69, 9.17) is 9.47 Å². The maximum Gasteiger partial charge on any atom is 0.351 e. The molecule has 0 fully saturated rings. The van der Waals surface area contributed by atoms with Crippen LogP contribution >= 0.6 is 0 Å². The van der Waals surface area contributed by atoms with Crippen LogP contribution in [-0.2, 0) is 19.4 Å². The van der Waals surface area contributed by atoms with Crippen molar-refractivity contribution in [3.8, 4) is 11.5 Å². The second-order valence-electron chi connectivity index (χ2n) is 5.03. The number of ether oxygens (including phenoxy) is 3. The molecule has 0 amide bonds. The Kier molecular flexibility index (Phi) is 4.62. The number of carbonyl (C=O) groups is 1.